The molecule has 112 valence electrons. The maximum atomic E-state index is 12.2. The Hall–Kier alpha value is -1.88. The number of benzene rings is 1. The highest BCUT2D eigenvalue weighted by Crippen LogP contribution is 2.44. The predicted octanol–water partition coefficient (Wildman–Crippen LogP) is 1.47. The maximum absolute atomic E-state index is 12.2. The van der Waals surface area contributed by atoms with E-state index < -0.39 is 11.4 Å². The molecule has 1 saturated heterocycles. The predicted molar refractivity (Wildman–Crippen MR) is 79.5 cm³/mol. The van der Waals surface area contributed by atoms with Crippen molar-refractivity contribution in [3.05, 3.63) is 29.8 Å². The molecular formula is C16H20N2O3. The summed E-state index contributed by atoms with van der Waals surface area (Å²) in [5, 5.41) is 9.54. The van der Waals surface area contributed by atoms with Gasteiger partial charge in [0.2, 0.25) is 5.91 Å². The number of carboxylic acids is 1. The van der Waals surface area contributed by atoms with E-state index in [4.69, 9.17) is 0 Å². The van der Waals surface area contributed by atoms with Crippen molar-refractivity contribution in [2.45, 2.75) is 24.7 Å². The SMILES string of the molecule is CN1CCN(c2cccc(C3(C(=O)O)CCC3)c2)C(=O)C1. The third kappa shape index (κ3) is 2.31. The fraction of sp³-hybridized carbons (Fsp3) is 0.500. The fourth-order valence-corrected chi connectivity index (χ4v) is 3.19. The van der Waals surface area contributed by atoms with Crippen LogP contribution < -0.4 is 4.90 Å². The van der Waals surface area contributed by atoms with E-state index in [1.165, 1.54) is 0 Å². The largest absolute Gasteiger partial charge is 0.481 e. The number of amides is 1. The summed E-state index contributed by atoms with van der Waals surface area (Å²) in [7, 11) is 1.93. The first-order valence-corrected chi connectivity index (χ1v) is 7.36. The Balaban J connectivity index is 1.90. The van der Waals surface area contributed by atoms with Crippen molar-refractivity contribution in [1.82, 2.24) is 4.90 Å². The number of carbonyl (C=O) groups excluding carboxylic acids is 1. The Kier molecular flexibility index (Phi) is 3.45. The number of carboxylic acid groups (broad SMARTS) is 1. The lowest BCUT2D eigenvalue weighted by Crippen LogP contribution is -2.49. The number of carbonyl (C=O) groups is 2. The lowest BCUT2D eigenvalue weighted by molar-refractivity contribution is -0.147. The topological polar surface area (TPSA) is 60.9 Å². The quantitative estimate of drug-likeness (QED) is 0.915. The molecule has 0 unspecified atom stereocenters. The zero-order valence-electron chi connectivity index (χ0n) is 12.2. The molecule has 2 aliphatic rings. The van der Waals surface area contributed by atoms with Crippen molar-refractivity contribution >= 4 is 17.6 Å². The van der Waals surface area contributed by atoms with Crippen LogP contribution in [0.3, 0.4) is 0 Å². The minimum Gasteiger partial charge on any atom is -0.481 e. The standard InChI is InChI=1S/C16H20N2O3/c1-17-8-9-18(14(19)11-17)13-5-2-4-12(10-13)16(15(20)21)6-3-7-16/h2,4-5,10H,3,6-9,11H2,1H3,(H,20,21). The van der Waals surface area contributed by atoms with Crippen LogP contribution in [0.2, 0.25) is 0 Å². The van der Waals surface area contributed by atoms with Crippen LogP contribution in [-0.4, -0.2) is 48.6 Å². The lowest BCUT2D eigenvalue weighted by Gasteiger charge is -2.39. The van der Waals surface area contributed by atoms with Crippen LogP contribution in [0.15, 0.2) is 24.3 Å². The van der Waals surface area contributed by atoms with Gasteiger partial charge in [-0.1, -0.05) is 18.6 Å². The second-order valence-electron chi connectivity index (χ2n) is 6.07. The van der Waals surface area contributed by atoms with E-state index in [0.717, 1.165) is 24.2 Å². The lowest BCUT2D eigenvalue weighted by atomic mass is 9.64. The van der Waals surface area contributed by atoms with Gasteiger partial charge >= 0.3 is 5.97 Å². The Morgan fingerprint density at radius 1 is 1.29 bits per heavy atom. The van der Waals surface area contributed by atoms with Gasteiger partial charge in [0.05, 0.1) is 12.0 Å². The van der Waals surface area contributed by atoms with Crippen LogP contribution >= 0.6 is 0 Å². The highest BCUT2D eigenvalue weighted by molar-refractivity contribution is 5.96. The number of aliphatic carboxylic acids is 1. The summed E-state index contributed by atoms with van der Waals surface area (Å²) in [5.74, 6) is -0.686. The summed E-state index contributed by atoms with van der Waals surface area (Å²) in [6, 6.07) is 7.51. The van der Waals surface area contributed by atoms with E-state index in [-0.39, 0.29) is 5.91 Å². The molecule has 1 heterocycles. The summed E-state index contributed by atoms with van der Waals surface area (Å²) in [5.41, 5.74) is 0.898. The Morgan fingerprint density at radius 2 is 2.05 bits per heavy atom. The molecular weight excluding hydrogens is 268 g/mol. The van der Waals surface area contributed by atoms with Gasteiger partial charge in [-0.3, -0.25) is 14.5 Å². The number of piperazine rings is 1. The van der Waals surface area contributed by atoms with Crippen LogP contribution in [0.1, 0.15) is 24.8 Å². The van der Waals surface area contributed by atoms with Crippen LogP contribution in [-0.2, 0) is 15.0 Å². The third-order valence-electron chi connectivity index (χ3n) is 4.74. The van der Waals surface area contributed by atoms with E-state index in [1.807, 2.05) is 36.2 Å². The average Bonchev–Trinajstić information content (AvgIpc) is 2.37. The van der Waals surface area contributed by atoms with Gasteiger partial charge < -0.3 is 10.0 Å². The molecule has 5 heteroatoms. The fourth-order valence-electron chi connectivity index (χ4n) is 3.19. The summed E-state index contributed by atoms with van der Waals surface area (Å²) in [6.45, 7) is 1.90. The summed E-state index contributed by atoms with van der Waals surface area (Å²) >= 11 is 0. The van der Waals surface area contributed by atoms with E-state index in [1.54, 1.807) is 4.90 Å². The smallest absolute Gasteiger partial charge is 0.314 e. The van der Waals surface area contributed by atoms with E-state index in [0.29, 0.717) is 25.9 Å². The van der Waals surface area contributed by atoms with Crippen molar-refractivity contribution in [2.75, 3.05) is 31.6 Å². The second kappa shape index (κ2) is 5.15. The summed E-state index contributed by atoms with van der Waals surface area (Å²) in [4.78, 5) is 27.5. The number of hydrogen-bond donors (Lipinski definition) is 1. The number of nitrogens with zero attached hydrogens (tertiary/aromatic N) is 2. The molecule has 1 aromatic carbocycles. The molecule has 1 N–H and O–H groups in total. The summed E-state index contributed by atoms with van der Waals surface area (Å²) in [6.07, 6.45) is 2.31. The van der Waals surface area contributed by atoms with Gasteiger partial charge in [0.25, 0.3) is 0 Å². The van der Waals surface area contributed by atoms with Crippen molar-refractivity contribution in [2.24, 2.45) is 0 Å². The molecule has 0 bridgehead atoms. The monoisotopic (exact) mass is 288 g/mol. The van der Waals surface area contributed by atoms with Gasteiger partial charge in [0.15, 0.2) is 0 Å². The molecule has 1 saturated carbocycles. The highest BCUT2D eigenvalue weighted by Gasteiger charge is 2.46. The van der Waals surface area contributed by atoms with Crippen molar-refractivity contribution in [1.29, 1.82) is 0 Å². The molecule has 1 amide bonds. The van der Waals surface area contributed by atoms with Crippen LogP contribution in [0.5, 0.6) is 0 Å². The Labute approximate surface area is 124 Å². The van der Waals surface area contributed by atoms with E-state index >= 15 is 0 Å². The van der Waals surface area contributed by atoms with Gasteiger partial charge in [0, 0.05) is 18.8 Å². The van der Waals surface area contributed by atoms with E-state index in [9.17, 15) is 14.7 Å². The number of anilines is 1. The first-order chi connectivity index (χ1) is 10.0. The molecule has 0 atom stereocenters. The third-order valence-corrected chi connectivity index (χ3v) is 4.74. The second-order valence-corrected chi connectivity index (χ2v) is 6.07. The average molecular weight is 288 g/mol. The molecule has 0 aromatic heterocycles. The maximum Gasteiger partial charge on any atom is 0.314 e. The molecule has 1 aliphatic carbocycles. The minimum absolute atomic E-state index is 0.0684. The van der Waals surface area contributed by atoms with Gasteiger partial charge in [-0.05, 0) is 37.6 Å². The minimum atomic E-state index is -0.754. The molecule has 3 rings (SSSR count). The van der Waals surface area contributed by atoms with Crippen molar-refractivity contribution in [3.8, 4) is 0 Å². The molecule has 21 heavy (non-hydrogen) atoms. The van der Waals surface area contributed by atoms with Crippen LogP contribution in [0, 0.1) is 0 Å². The van der Waals surface area contributed by atoms with Crippen LogP contribution in [0.4, 0.5) is 5.69 Å². The zero-order chi connectivity index (χ0) is 15.0. The first-order valence-electron chi connectivity index (χ1n) is 7.36. The van der Waals surface area contributed by atoms with Gasteiger partial charge in [-0.15, -0.1) is 0 Å². The van der Waals surface area contributed by atoms with Crippen molar-refractivity contribution < 1.29 is 14.7 Å². The molecule has 1 aromatic rings. The molecule has 1 aliphatic heterocycles. The Morgan fingerprint density at radius 3 is 2.62 bits per heavy atom. The highest BCUT2D eigenvalue weighted by atomic mass is 16.4. The molecule has 0 spiro atoms. The Bertz CT molecular complexity index is 581. The molecule has 2 fully saturated rings. The van der Waals surface area contributed by atoms with Crippen molar-refractivity contribution in [3.63, 3.8) is 0 Å². The zero-order valence-corrected chi connectivity index (χ0v) is 12.2. The van der Waals surface area contributed by atoms with Gasteiger partial charge in [0.1, 0.15) is 0 Å². The molecule has 5 nitrogen and oxygen atoms in total. The van der Waals surface area contributed by atoms with Gasteiger partial charge in [-0.25, -0.2) is 0 Å². The number of hydrogen-bond acceptors (Lipinski definition) is 3. The molecule has 0 radical (unpaired) electrons. The number of likely N-dealkylation sites (N-methyl/N-ethyl adjacent to an activating group) is 1. The van der Waals surface area contributed by atoms with E-state index in [2.05, 4.69) is 0 Å². The summed E-state index contributed by atoms with van der Waals surface area (Å²) < 4.78 is 0. The number of rotatable bonds is 3. The normalized spacial score (nSPS) is 22.0. The van der Waals surface area contributed by atoms with Gasteiger partial charge in [-0.2, -0.15) is 0 Å². The van der Waals surface area contributed by atoms with Crippen LogP contribution in [0.25, 0.3) is 0 Å². The first kappa shape index (κ1) is 14.1.